The van der Waals surface area contributed by atoms with Gasteiger partial charge in [0.2, 0.25) is 5.91 Å². The summed E-state index contributed by atoms with van der Waals surface area (Å²) in [6.07, 6.45) is 3.28. The normalized spacial score (nSPS) is 10.6. The van der Waals surface area contributed by atoms with Crippen molar-refractivity contribution in [3.05, 3.63) is 65.2 Å². The van der Waals surface area contributed by atoms with Crippen molar-refractivity contribution in [1.29, 1.82) is 0 Å². The highest BCUT2D eigenvalue weighted by molar-refractivity contribution is 6.02. The Kier molecular flexibility index (Phi) is 4.77. The molecule has 108 valence electrons. The molecule has 0 unspecified atom stereocenters. The summed E-state index contributed by atoms with van der Waals surface area (Å²) >= 11 is 0. The highest BCUT2D eigenvalue weighted by atomic mass is 16.5. The number of carbonyl (C=O) groups is 1. The van der Waals surface area contributed by atoms with Crippen molar-refractivity contribution in [2.75, 3.05) is 12.4 Å². The molecule has 1 N–H and O–H groups in total. The van der Waals surface area contributed by atoms with Crippen LogP contribution < -0.4 is 10.1 Å². The molecule has 0 spiro atoms. The third kappa shape index (κ3) is 4.21. The van der Waals surface area contributed by atoms with Crippen molar-refractivity contribution in [1.82, 2.24) is 0 Å². The van der Waals surface area contributed by atoms with E-state index in [1.165, 1.54) is 11.6 Å². The van der Waals surface area contributed by atoms with Crippen LogP contribution in [-0.4, -0.2) is 13.0 Å². The Bertz CT molecular complexity index is 675. The van der Waals surface area contributed by atoms with Crippen molar-refractivity contribution in [2.45, 2.75) is 13.8 Å². The van der Waals surface area contributed by atoms with Crippen LogP contribution in [0, 0.1) is 13.8 Å². The van der Waals surface area contributed by atoms with Gasteiger partial charge in [-0.25, -0.2) is 0 Å². The summed E-state index contributed by atoms with van der Waals surface area (Å²) in [6.45, 7) is 4.07. The van der Waals surface area contributed by atoms with Crippen molar-refractivity contribution in [3.63, 3.8) is 0 Å². The number of anilines is 1. The zero-order chi connectivity index (χ0) is 15.2. The summed E-state index contributed by atoms with van der Waals surface area (Å²) < 4.78 is 5.15. The molecule has 2 aromatic rings. The molecular weight excluding hydrogens is 262 g/mol. The van der Waals surface area contributed by atoms with Crippen LogP contribution in [0.1, 0.15) is 16.7 Å². The average Bonchev–Trinajstić information content (AvgIpc) is 2.49. The first-order chi connectivity index (χ1) is 10.1. The van der Waals surface area contributed by atoms with E-state index in [0.29, 0.717) is 0 Å². The largest absolute Gasteiger partial charge is 0.497 e. The van der Waals surface area contributed by atoms with E-state index in [9.17, 15) is 4.79 Å². The third-order valence-corrected chi connectivity index (χ3v) is 3.30. The van der Waals surface area contributed by atoms with Crippen molar-refractivity contribution >= 4 is 17.7 Å². The average molecular weight is 281 g/mol. The molecule has 0 atom stereocenters. The zero-order valence-corrected chi connectivity index (χ0v) is 12.5. The van der Waals surface area contributed by atoms with Crippen LogP contribution in [0.3, 0.4) is 0 Å². The van der Waals surface area contributed by atoms with E-state index in [4.69, 9.17) is 4.74 Å². The van der Waals surface area contributed by atoms with Gasteiger partial charge < -0.3 is 10.1 Å². The summed E-state index contributed by atoms with van der Waals surface area (Å²) in [5.41, 5.74) is 4.09. The molecule has 3 heteroatoms. The molecule has 2 rings (SSSR count). The third-order valence-electron chi connectivity index (χ3n) is 3.30. The number of methoxy groups -OCH3 is 1. The van der Waals surface area contributed by atoms with Crippen LogP contribution in [0.25, 0.3) is 6.08 Å². The molecule has 3 nitrogen and oxygen atoms in total. The maximum atomic E-state index is 11.9. The van der Waals surface area contributed by atoms with Crippen LogP contribution >= 0.6 is 0 Å². The molecule has 0 heterocycles. The molecule has 0 aliphatic rings. The number of nitrogens with one attached hydrogen (secondary N) is 1. The standard InChI is InChI=1S/C18H19NO2/c1-13-7-9-16(11-14(13)2)19-18(20)10-8-15-5-4-6-17(12-15)21-3/h4-12H,1-3H3,(H,19,20). The lowest BCUT2D eigenvalue weighted by atomic mass is 10.1. The minimum absolute atomic E-state index is 0.152. The van der Waals surface area contributed by atoms with E-state index >= 15 is 0 Å². The lowest BCUT2D eigenvalue weighted by molar-refractivity contribution is -0.111. The fourth-order valence-corrected chi connectivity index (χ4v) is 1.92. The smallest absolute Gasteiger partial charge is 0.248 e. The van der Waals surface area contributed by atoms with Gasteiger partial charge in [-0.15, -0.1) is 0 Å². The summed E-state index contributed by atoms with van der Waals surface area (Å²) in [4.78, 5) is 11.9. The lowest BCUT2D eigenvalue weighted by Crippen LogP contribution is -2.07. The Morgan fingerprint density at radius 2 is 1.90 bits per heavy atom. The maximum absolute atomic E-state index is 11.9. The molecule has 2 aromatic carbocycles. The van der Waals surface area contributed by atoms with Gasteiger partial charge in [0.05, 0.1) is 7.11 Å². The van der Waals surface area contributed by atoms with Gasteiger partial charge in [0.25, 0.3) is 0 Å². The number of rotatable bonds is 4. The zero-order valence-electron chi connectivity index (χ0n) is 12.5. The van der Waals surface area contributed by atoms with Crippen molar-refractivity contribution in [3.8, 4) is 5.75 Å². The first-order valence-corrected chi connectivity index (χ1v) is 6.79. The van der Waals surface area contributed by atoms with Crippen LogP contribution in [0.4, 0.5) is 5.69 Å². The van der Waals surface area contributed by atoms with Gasteiger partial charge in [0.15, 0.2) is 0 Å². The number of ether oxygens (including phenoxy) is 1. The van der Waals surface area contributed by atoms with Gasteiger partial charge in [-0.1, -0.05) is 18.2 Å². The molecule has 0 fully saturated rings. The van der Waals surface area contributed by atoms with Crippen LogP contribution in [0.15, 0.2) is 48.5 Å². The van der Waals surface area contributed by atoms with E-state index < -0.39 is 0 Å². The van der Waals surface area contributed by atoms with E-state index in [1.807, 2.05) is 56.3 Å². The van der Waals surface area contributed by atoms with Gasteiger partial charge in [0.1, 0.15) is 5.75 Å². The molecule has 0 aliphatic carbocycles. The minimum Gasteiger partial charge on any atom is -0.497 e. The molecular formula is C18H19NO2. The highest BCUT2D eigenvalue weighted by Crippen LogP contribution is 2.15. The predicted octanol–water partition coefficient (Wildman–Crippen LogP) is 3.96. The van der Waals surface area contributed by atoms with Gasteiger partial charge in [-0.3, -0.25) is 4.79 Å². The molecule has 0 saturated carbocycles. The molecule has 0 aliphatic heterocycles. The van der Waals surface area contributed by atoms with Gasteiger partial charge in [-0.2, -0.15) is 0 Å². The van der Waals surface area contributed by atoms with Crippen molar-refractivity contribution in [2.24, 2.45) is 0 Å². The minimum atomic E-state index is -0.152. The summed E-state index contributed by atoms with van der Waals surface area (Å²) in [5, 5.41) is 2.85. The summed E-state index contributed by atoms with van der Waals surface area (Å²) in [7, 11) is 1.62. The quantitative estimate of drug-likeness (QED) is 0.861. The molecule has 21 heavy (non-hydrogen) atoms. The first kappa shape index (κ1) is 14.9. The van der Waals surface area contributed by atoms with Crippen LogP contribution in [0.2, 0.25) is 0 Å². The summed E-state index contributed by atoms with van der Waals surface area (Å²) in [6, 6.07) is 13.4. The maximum Gasteiger partial charge on any atom is 0.248 e. The number of hydrogen-bond acceptors (Lipinski definition) is 2. The predicted molar refractivity (Wildman–Crippen MR) is 86.6 cm³/mol. The second-order valence-corrected chi connectivity index (χ2v) is 4.90. The fraction of sp³-hybridized carbons (Fsp3) is 0.167. The van der Waals surface area contributed by atoms with Gasteiger partial charge in [0, 0.05) is 11.8 Å². The number of amides is 1. The fourth-order valence-electron chi connectivity index (χ4n) is 1.92. The summed E-state index contributed by atoms with van der Waals surface area (Å²) in [5.74, 6) is 0.618. The monoisotopic (exact) mass is 281 g/mol. The number of hydrogen-bond donors (Lipinski definition) is 1. The number of benzene rings is 2. The van der Waals surface area contributed by atoms with Crippen LogP contribution in [-0.2, 0) is 4.79 Å². The Morgan fingerprint density at radius 1 is 1.10 bits per heavy atom. The molecule has 1 amide bonds. The Hall–Kier alpha value is -2.55. The van der Waals surface area contributed by atoms with Crippen LogP contribution in [0.5, 0.6) is 5.75 Å². The Morgan fingerprint density at radius 3 is 2.62 bits per heavy atom. The van der Waals surface area contributed by atoms with Gasteiger partial charge >= 0.3 is 0 Å². The molecule has 0 bridgehead atoms. The van der Waals surface area contributed by atoms with Gasteiger partial charge in [-0.05, 0) is 60.9 Å². The second-order valence-electron chi connectivity index (χ2n) is 4.90. The Labute approximate surface area is 125 Å². The SMILES string of the molecule is COc1cccc(C=CC(=O)Nc2ccc(C)c(C)c2)c1. The topological polar surface area (TPSA) is 38.3 Å². The van der Waals surface area contributed by atoms with Crippen molar-refractivity contribution < 1.29 is 9.53 Å². The van der Waals surface area contributed by atoms with E-state index in [-0.39, 0.29) is 5.91 Å². The van der Waals surface area contributed by atoms with E-state index in [1.54, 1.807) is 13.2 Å². The second kappa shape index (κ2) is 6.75. The molecule has 0 saturated heterocycles. The first-order valence-electron chi connectivity index (χ1n) is 6.79. The highest BCUT2D eigenvalue weighted by Gasteiger charge is 2.00. The lowest BCUT2D eigenvalue weighted by Gasteiger charge is -2.05. The number of carbonyl (C=O) groups excluding carboxylic acids is 1. The Balaban J connectivity index is 2.03. The van der Waals surface area contributed by atoms with E-state index in [2.05, 4.69) is 5.32 Å². The van der Waals surface area contributed by atoms with E-state index in [0.717, 1.165) is 22.6 Å². The number of aryl methyl sites for hydroxylation is 2. The molecule has 0 aromatic heterocycles. The molecule has 0 radical (unpaired) electrons.